The summed E-state index contributed by atoms with van der Waals surface area (Å²) in [6.45, 7) is 8.39. The molecular weight excluding hydrogens is 394 g/mol. The van der Waals surface area contributed by atoms with Gasteiger partial charge in [-0.1, -0.05) is 38.1 Å². The second-order valence-corrected chi connectivity index (χ2v) is 8.47. The molecule has 0 spiro atoms. The molecule has 0 aliphatic carbocycles. The number of benzene rings is 2. The zero-order valence-corrected chi connectivity index (χ0v) is 18.9. The molecule has 2 aromatic carbocycles. The highest BCUT2D eigenvalue weighted by molar-refractivity contribution is 5.80. The van der Waals surface area contributed by atoms with Gasteiger partial charge in [-0.2, -0.15) is 4.98 Å². The number of rotatable bonds is 7. The van der Waals surface area contributed by atoms with Crippen molar-refractivity contribution < 1.29 is 18.8 Å². The molecule has 0 N–H and O–H groups in total. The van der Waals surface area contributed by atoms with E-state index in [1.54, 1.807) is 21.1 Å². The number of aromatic nitrogens is 2. The zero-order chi connectivity index (χ0) is 22.6. The lowest BCUT2D eigenvalue weighted by Crippen LogP contribution is -2.37. The molecule has 1 heterocycles. The van der Waals surface area contributed by atoms with Crippen LogP contribution in [0.2, 0.25) is 0 Å². The highest BCUT2D eigenvalue weighted by Crippen LogP contribution is 2.25. The van der Waals surface area contributed by atoms with E-state index in [1.165, 1.54) is 10.5 Å². The molecule has 3 aromatic rings. The third-order valence-electron chi connectivity index (χ3n) is 4.95. The second-order valence-electron chi connectivity index (χ2n) is 8.47. The zero-order valence-electron chi connectivity index (χ0n) is 18.9. The van der Waals surface area contributed by atoms with Crippen molar-refractivity contribution in [3.8, 4) is 22.9 Å². The molecule has 1 atom stereocenters. The molecule has 164 valence electrons. The first-order valence-corrected chi connectivity index (χ1v) is 10.2. The van der Waals surface area contributed by atoms with E-state index in [2.05, 4.69) is 30.9 Å². The topological polar surface area (TPSA) is 77.7 Å². The number of hydrogen-bond acceptors (Lipinski definition) is 6. The van der Waals surface area contributed by atoms with Crippen molar-refractivity contribution in [2.45, 2.75) is 45.8 Å². The summed E-state index contributed by atoms with van der Waals surface area (Å²) in [7, 11) is 3.29. The molecule has 0 fully saturated rings. The molecule has 0 radical (unpaired) electrons. The molecule has 0 unspecified atom stereocenters. The summed E-state index contributed by atoms with van der Waals surface area (Å²) in [5.41, 5.74) is 2.08. The van der Waals surface area contributed by atoms with Gasteiger partial charge in [-0.15, -0.1) is 0 Å². The minimum Gasteiger partial charge on any atom is -0.497 e. The van der Waals surface area contributed by atoms with Gasteiger partial charge >= 0.3 is 0 Å². The van der Waals surface area contributed by atoms with Crippen LogP contribution < -0.4 is 9.47 Å². The van der Waals surface area contributed by atoms with Crippen LogP contribution in [0, 0.1) is 0 Å². The van der Waals surface area contributed by atoms with Gasteiger partial charge in [-0.05, 0) is 54.3 Å². The van der Waals surface area contributed by atoms with Crippen molar-refractivity contribution >= 4 is 5.91 Å². The van der Waals surface area contributed by atoms with E-state index in [1.807, 2.05) is 48.5 Å². The Morgan fingerprint density at radius 1 is 1.06 bits per heavy atom. The second kappa shape index (κ2) is 9.20. The normalized spacial score (nSPS) is 12.3. The van der Waals surface area contributed by atoms with Crippen LogP contribution in [0.1, 0.15) is 39.1 Å². The van der Waals surface area contributed by atoms with E-state index in [-0.39, 0.29) is 17.9 Å². The number of methoxy groups -OCH3 is 1. The van der Waals surface area contributed by atoms with Gasteiger partial charge in [-0.3, -0.25) is 4.79 Å². The van der Waals surface area contributed by atoms with Crippen molar-refractivity contribution in [3.63, 3.8) is 0 Å². The predicted molar refractivity (Wildman–Crippen MR) is 118 cm³/mol. The number of nitrogens with zero attached hydrogens (tertiary/aromatic N) is 3. The first-order chi connectivity index (χ1) is 14.7. The third-order valence-corrected chi connectivity index (χ3v) is 4.95. The van der Waals surface area contributed by atoms with E-state index in [0.717, 1.165) is 11.3 Å². The van der Waals surface area contributed by atoms with Crippen LogP contribution in [0.5, 0.6) is 11.5 Å². The Hall–Kier alpha value is -3.35. The monoisotopic (exact) mass is 423 g/mol. The summed E-state index contributed by atoms with van der Waals surface area (Å²) in [6.07, 6.45) is -0.644. The SMILES string of the molecule is COc1ccc(-c2noc(CN(C)C(=O)[C@H](C)Oc3ccc(C(C)(C)C)cc3)n2)cc1. The Balaban J connectivity index is 1.59. The first kappa shape index (κ1) is 22.3. The van der Waals surface area contributed by atoms with E-state index < -0.39 is 6.10 Å². The van der Waals surface area contributed by atoms with Gasteiger partial charge in [0.05, 0.1) is 13.7 Å². The molecule has 7 heteroatoms. The standard InChI is InChI=1S/C24H29N3O4/c1-16(30-20-13-9-18(10-14-20)24(2,3)4)23(28)27(5)15-21-25-22(26-31-21)17-7-11-19(29-6)12-8-17/h7-14,16H,15H2,1-6H3/t16-/m0/s1. The third kappa shape index (κ3) is 5.63. The number of ether oxygens (including phenoxy) is 2. The van der Waals surface area contributed by atoms with Crippen LogP contribution in [0.25, 0.3) is 11.4 Å². The number of amides is 1. The van der Waals surface area contributed by atoms with Gasteiger partial charge in [0.15, 0.2) is 6.10 Å². The number of carbonyl (C=O) groups excluding carboxylic acids is 1. The highest BCUT2D eigenvalue weighted by atomic mass is 16.5. The molecule has 7 nitrogen and oxygen atoms in total. The lowest BCUT2D eigenvalue weighted by molar-refractivity contribution is -0.137. The van der Waals surface area contributed by atoms with Crippen LogP contribution in [0.3, 0.4) is 0 Å². The Labute approximate surface area is 183 Å². The van der Waals surface area contributed by atoms with Crippen LogP contribution in [0.4, 0.5) is 0 Å². The number of carbonyl (C=O) groups is 1. The number of hydrogen-bond donors (Lipinski definition) is 0. The fourth-order valence-corrected chi connectivity index (χ4v) is 3.06. The molecule has 0 saturated heterocycles. The summed E-state index contributed by atoms with van der Waals surface area (Å²) in [5, 5.41) is 4.00. The van der Waals surface area contributed by atoms with Crippen LogP contribution >= 0.6 is 0 Å². The molecule has 0 bridgehead atoms. The van der Waals surface area contributed by atoms with E-state index in [4.69, 9.17) is 14.0 Å². The Morgan fingerprint density at radius 2 is 1.68 bits per heavy atom. The molecule has 3 rings (SSSR count). The van der Waals surface area contributed by atoms with E-state index >= 15 is 0 Å². The smallest absolute Gasteiger partial charge is 0.263 e. The fourth-order valence-electron chi connectivity index (χ4n) is 3.06. The van der Waals surface area contributed by atoms with Crippen LogP contribution in [-0.2, 0) is 16.8 Å². The Bertz CT molecular complexity index is 1000. The van der Waals surface area contributed by atoms with Crippen molar-refractivity contribution in [2.24, 2.45) is 0 Å². The molecule has 1 amide bonds. The maximum atomic E-state index is 12.7. The summed E-state index contributed by atoms with van der Waals surface area (Å²) in [6, 6.07) is 15.2. The quantitative estimate of drug-likeness (QED) is 0.558. The maximum Gasteiger partial charge on any atom is 0.263 e. The minimum atomic E-state index is -0.644. The van der Waals surface area contributed by atoms with Gasteiger partial charge in [0.1, 0.15) is 11.5 Å². The largest absolute Gasteiger partial charge is 0.497 e. The fraction of sp³-hybridized carbons (Fsp3) is 0.375. The average molecular weight is 424 g/mol. The maximum absolute atomic E-state index is 12.7. The van der Waals surface area contributed by atoms with E-state index in [0.29, 0.717) is 17.5 Å². The lowest BCUT2D eigenvalue weighted by atomic mass is 9.87. The first-order valence-electron chi connectivity index (χ1n) is 10.2. The van der Waals surface area contributed by atoms with Crippen LogP contribution in [-0.4, -0.2) is 41.2 Å². The van der Waals surface area contributed by atoms with Crippen molar-refractivity contribution in [3.05, 3.63) is 60.0 Å². The highest BCUT2D eigenvalue weighted by Gasteiger charge is 2.22. The van der Waals surface area contributed by atoms with Gasteiger partial charge in [0.2, 0.25) is 11.7 Å². The lowest BCUT2D eigenvalue weighted by Gasteiger charge is -2.22. The Morgan fingerprint density at radius 3 is 2.26 bits per heavy atom. The summed E-state index contributed by atoms with van der Waals surface area (Å²) >= 11 is 0. The van der Waals surface area contributed by atoms with Gasteiger partial charge in [0.25, 0.3) is 5.91 Å². The van der Waals surface area contributed by atoms with Crippen molar-refractivity contribution in [1.29, 1.82) is 0 Å². The molecule has 1 aromatic heterocycles. The summed E-state index contributed by atoms with van der Waals surface area (Å²) in [5.74, 6) is 2.04. The molecular formula is C24H29N3O4. The van der Waals surface area contributed by atoms with E-state index in [9.17, 15) is 4.79 Å². The minimum absolute atomic E-state index is 0.0644. The predicted octanol–water partition coefficient (Wildman–Crippen LogP) is 4.47. The molecule has 31 heavy (non-hydrogen) atoms. The van der Waals surface area contributed by atoms with Crippen molar-refractivity contribution in [1.82, 2.24) is 15.0 Å². The summed E-state index contributed by atoms with van der Waals surface area (Å²) in [4.78, 5) is 18.6. The van der Waals surface area contributed by atoms with Gasteiger partial charge in [-0.25, -0.2) is 0 Å². The average Bonchev–Trinajstić information content (AvgIpc) is 3.21. The van der Waals surface area contributed by atoms with Gasteiger partial charge in [0, 0.05) is 12.6 Å². The van der Waals surface area contributed by atoms with Crippen molar-refractivity contribution in [2.75, 3.05) is 14.2 Å². The molecule has 0 saturated carbocycles. The Kier molecular flexibility index (Phi) is 6.63. The molecule has 0 aliphatic rings. The van der Waals surface area contributed by atoms with Gasteiger partial charge < -0.3 is 18.9 Å². The number of likely N-dealkylation sites (N-methyl/N-ethyl adjacent to an activating group) is 1. The summed E-state index contributed by atoms with van der Waals surface area (Å²) < 4.78 is 16.3. The van der Waals surface area contributed by atoms with Crippen LogP contribution in [0.15, 0.2) is 53.1 Å². The molecule has 0 aliphatic heterocycles.